The molecule has 9 heteroatoms. The number of carbonyl (C=O) groups is 2. The maximum absolute atomic E-state index is 13.0. The third-order valence-corrected chi connectivity index (χ3v) is 9.39. The highest BCUT2D eigenvalue weighted by atomic mass is 32.3. The van der Waals surface area contributed by atoms with Gasteiger partial charge in [-0.3, -0.25) is 9.59 Å². The normalized spacial score (nSPS) is 27.2. The van der Waals surface area contributed by atoms with Crippen molar-refractivity contribution in [2.75, 3.05) is 32.7 Å². The first-order valence-corrected chi connectivity index (χ1v) is 12.4. The molecule has 3 aliphatic rings. The molecule has 0 N–H and O–H groups in total. The monoisotopic (exact) mass is 425 g/mol. The van der Waals surface area contributed by atoms with Crippen LogP contribution in [-0.4, -0.2) is 69.2 Å². The average Bonchev–Trinajstić information content (AvgIpc) is 3.40. The first kappa shape index (κ1) is 20.0. The maximum Gasteiger partial charge on any atom is 0.229 e. The highest BCUT2D eigenvalue weighted by molar-refractivity contribution is 7.97. The number of nitrogens with zero attached hydrogens (tertiary/aromatic N) is 3. The Labute approximate surface area is 171 Å². The van der Waals surface area contributed by atoms with Crippen LogP contribution < -0.4 is 0 Å². The molecule has 2 atom stereocenters. The molecule has 1 aromatic heterocycles. The second kappa shape index (κ2) is 8.22. The third kappa shape index (κ3) is 3.90. The van der Waals surface area contributed by atoms with Gasteiger partial charge in [-0.25, -0.2) is 0 Å². The Balaban J connectivity index is 1.35. The fourth-order valence-corrected chi connectivity index (χ4v) is 7.28. The van der Waals surface area contributed by atoms with Crippen molar-refractivity contribution in [1.82, 2.24) is 14.1 Å². The van der Waals surface area contributed by atoms with Crippen molar-refractivity contribution >= 4 is 33.6 Å². The van der Waals surface area contributed by atoms with Gasteiger partial charge < -0.3 is 14.4 Å². The van der Waals surface area contributed by atoms with Crippen molar-refractivity contribution in [2.45, 2.75) is 48.8 Å². The summed E-state index contributed by atoms with van der Waals surface area (Å²) in [4.78, 5) is 28.8. The minimum Gasteiger partial charge on any atom is -0.592 e. The molecule has 154 valence electrons. The van der Waals surface area contributed by atoms with Gasteiger partial charge in [0.2, 0.25) is 16.0 Å². The molecule has 3 saturated heterocycles. The van der Waals surface area contributed by atoms with Crippen LogP contribution in [-0.2, 0) is 24.2 Å². The molecule has 3 aliphatic heterocycles. The highest BCUT2D eigenvalue weighted by Crippen LogP contribution is 2.31. The molecular weight excluding hydrogens is 398 g/mol. The molecule has 4 rings (SSSR count). The average molecular weight is 426 g/mol. The zero-order valence-electron chi connectivity index (χ0n) is 16.0. The van der Waals surface area contributed by atoms with Crippen LogP contribution in [0.5, 0.6) is 0 Å². The molecule has 3 fully saturated rings. The lowest BCUT2D eigenvalue weighted by Crippen LogP contribution is -2.52. The molecule has 0 saturated carbocycles. The number of piperidine rings is 2. The van der Waals surface area contributed by atoms with E-state index in [1.54, 1.807) is 17.5 Å². The number of hydrogen-bond donors (Lipinski definition) is 0. The predicted molar refractivity (Wildman–Crippen MR) is 106 cm³/mol. The summed E-state index contributed by atoms with van der Waals surface area (Å²) in [5.41, 5.74) is 0. The van der Waals surface area contributed by atoms with Gasteiger partial charge in [0.15, 0.2) is 10.4 Å². The molecular formula is C19H27N3O4S2. The summed E-state index contributed by atoms with van der Waals surface area (Å²) in [7, 11) is -3.50. The number of rotatable bonds is 4. The summed E-state index contributed by atoms with van der Waals surface area (Å²) >= 11 is 1.22. The van der Waals surface area contributed by atoms with Crippen LogP contribution in [0, 0.1) is 5.92 Å². The Kier molecular flexibility index (Phi) is 5.87. The van der Waals surface area contributed by atoms with Crippen LogP contribution in [0.25, 0.3) is 0 Å². The Hall–Kier alpha value is -1.29. The SMILES string of the molecule is O=C(C1CCCN([S+](=O)([O-])c2cccs2)C1)N1CCC(N2CCCC2=O)CC1. The molecule has 0 bridgehead atoms. The molecule has 0 aliphatic carbocycles. The molecule has 1 aromatic rings. The van der Waals surface area contributed by atoms with Crippen molar-refractivity contribution in [1.29, 1.82) is 0 Å². The highest BCUT2D eigenvalue weighted by Gasteiger charge is 2.40. The van der Waals surface area contributed by atoms with Crippen LogP contribution in [0.3, 0.4) is 0 Å². The van der Waals surface area contributed by atoms with E-state index in [0.29, 0.717) is 36.7 Å². The Morgan fingerprint density at radius 2 is 1.93 bits per heavy atom. The van der Waals surface area contributed by atoms with Crippen molar-refractivity contribution in [3.63, 3.8) is 0 Å². The van der Waals surface area contributed by atoms with Crippen molar-refractivity contribution < 1.29 is 18.4 Å². The van der Waals surface area contributed by atoms with Crippen LogP contribution >= 0.6 is 11.3 Å². The van der Waals surface area contributed by atoms with Gasteiger partial charge in [0.1, 0.15) is 0 Å². The topological polar surface area (TPSA) is 84.0 Å². The van der Waals surface area contributed by atoms with Gasteiger partial charge >= 0.3 is 0 Å². The van der Waals surface area contributed by atoms with E-state index >= 15 is 0 Å². The molecule has 2 unspecified atom stereocenters. The van der Waals surface area contributed by atoms with Gasteiger partial charge in [0, 0.05) is 44.7 Å². The molecule has 28 heavy (non-hydrogen) atoms. The lowest BCUT2D eigenvalue weighted by molar-refractivity contribution is -0.139. The molecule has 0 aromatic carbocycles. The number of likely N-dealkylation sites (tertiary alicyclic amines) is 2. The van der Waals surface area contributed by atoms with Gasteiger partial charge in [0.05, 0.1) is 12.5 Å². The molecule has 2 amide bonds. The summed E-state index contributed by atoms with van der Waals surface area (Å²) in [5.74, 6) is 0.0391. The second-order valence-electron chi connectivity index (χ2n) is 7.88. The Bertz CT molecular complexity index is 761. The summed E-state index contributed by atoms with van der Waals surface area (Å²) < 4.78 is 27.4. The van der Waals surface area contributed by atoms with Crippen LogP contribution in [0.1, 0.15) is 38.5 Å². The van der Waals surface area contributed by atoms with E-state index in [1.165, 1.54) is 15.6 Å². The molecule has 7 nitrogen and oxygen atoms in total. The maximum atomic E-state index is 13.0. The van der Waals surface area contributed by atoms with Crippen molar-refractivity contribution in [3.8, 4) is 0 Å². The van der Waals surface area contributed by atoms with Crippen LogP contribution in [0.15, 0.2) is 21.7 Å². The fourth-order valence-electron chi connectivity index (χ4n) is 4.61. The Morgan fingerprint density at radius 1 is 1.14 bits per heavy atom. The van der Waals surface area contributed by atoms with Gasteiger partial charge in [-0.15, -0.1) is 4.31 Å². The molecule has 0 radical (unpaired) electrons. The summed E-state index contributed by atoms with van der Waals surface area (Å²) in [5, 5.41) is 1.76. The second-order valence-corrected chi connectivity index (χ2v) is 11.0. The minimum absolute atomic E-state index is 0.0669. The largest absolute Gasteiger partial charge is 0.592 e. The summed E-state index contributed by atoms with van der Waals surface area (Å²) in [6.07, 6.45) is 4.67. The zero-order chi connectivity index (χ0) is 19.7. The third-order valence-electron chi connectivity index (χ3n) is 6.15. The standard InChI is InChI=1S/C19H27N3O4S2/c23-17-5-2-10-22(17)16-7-11-20(12-8-16)19(24)15-4-1-9-21(14-15)28(25,26)18-6-3-13-27-18/h3,6,13,15-16H,1-2,4-5,7-12,14H2. The van der Waals surface area contributed by atoms with E-state index in [4.69, 9.17) is 0 Å². The summed E-state index contributed by atoms with van der Waals surface area (Å²) in [6.45, 7) is 2.89. The quantitative estimate of drug-likeness (QED) is 0.691. The van der Waals surface area contributed by atoms with E-state index in [1.807, 2.05) is 9.80 Å². The minimum atomic E-state index is -3.50. The summed E-state index contributed by atoms with van der Waals surface area (Å²) in [6, 6.07) is 3.61. The van der Waals surface area contributed by atoms with E-state index in [-0.39, 0.29) is 30.3 Å². The number of carbonyl (C=O) groups excluding carboxylic acids is 2. The van der Waals surface area contributed by atoms with Gasteiger partial charge in [-0.1, -0.05) is 15.5 Å². The van der Waals surface area contributed by atoms with Crippen molar-refractivity contribution in [2.24, 2.45) is 5.92 Å². The molecule has 0 spiro atoms. The van der Waals surface area contributed by atoms with Gasteiger partial charge in [0.25, 0.3) is 0 Å². The smallest absolute Gasteiger partial charge is 0.229 e. The van der Waals surface area contributed by atoms with E-state index in [9.17, 15) is 18.4 Å². The zero-order valence-corrected chi connectivity index (χ0v) is 17.6. The predicted octanol–water partition coefficient (Wildman–Crippen LogP) is 1.98. The number of thiophene rings is 1. The van der Waals surface area contributed by atoms with Crippen LogP contribution in [0.2, 0.25) is 0 Å². The first-order valence-electron chi connectivity index (χ1n) is 10.1. The van der Waals surface area contributed by atoms with Gasteiger partial charge in [-0.05, 0) is 43.6 Å². The van der Waals surface area contributed by atoms with E-state index < -0.39 is 10.4 Å². The number of sulfonamides is 1. The van der Waals surface area contributed by atoms with Gasteiger partial charge in [-0.2, -0.15) is 0 Å². The fraction of sp³-hybridized carbons (Fsp3) is 0.684. The first-order chi connectivity index (χ1) is 13.5. The number of amides is 2. The number of hydrogen-bond acceptors (Lipinski definition) is 5. The van der Waals surface area contributed by atoms with E-state index in [0.717, 1.165) is 32.2 Å². The van der Waals surface area contributed by atoms with E-state index in [2.05, 4.69) is 0 Å². The van der Waals surface area contributed by atoms with Crippen molar-refractivity contribution in [3.05, 3.63) is 17.5 Å². The lowest BCUT2D eigenvalue weighted by Gasteiger charge is -2.39. The Morgan fingerprint density at radius 3 is 2.57 bits per heavy atom. The molecule has 4 heterocycles. The lowest BCUT2D eigenvalue weighted by atomic mass is 9.96. The van der Waals surface area contributed by atoms with Crippen LogP contribution in [0.4, 0.5) is 0 Å².